The van der Waals surface area contributed by atoms with E-state index < -0.39 is 0 Å². The van der Waals surface area contributed by atoms with Crippen LogP contribution in [0.25, 0.3) is 0 Å². The summed E-state index contributed by atoms with van der Waals surface area (Å²) < 4.78 is 18.8. The van der Waals surface area contributed by atoms with Gasteiger partial charge in [0, 0.05) is 29.9 Å². The molecule has 0 bridgehead atoms. The summed E-state index contributed by atoms with van der Waals surface area (Å²) in [5.74, 6) is 0.0102. The standard InChI is InChI=1S/C19H27FN4O/c1-13(17-11-21-23-14(17)2)22-16-6-8-24(9-7-16)12-15-4-5-19(25-3)18(20)10-15/h4-5,10-11,13,16,22H,6-9,12H2,1-3H3,(H,21,23)/t13-/m1/s1. The van der Waals surface area contributed by atoms with E-state index in [2.05, 4.69) is 34.3 Å². The summed E-state index contributed by atoms with van der Waals surface area (Å²) in [7, 11) is 1.49. The first-order chi connectivity index (χ1) is 12.1. The zero-order valence-corrected chi connectivity index (χ0v) is 15.2. The molecule has 1 aliphatic heterocycles. The van der Waals surface area contributed by atoms with Crippen molar-refractivity contribution in [2.24, 2.45) is 0 Å². The maximum atomic E-state index is 13.8. The van der Waals surface area contributed by atoms with E-state index in [0.717, 1.165) is 43.7 Å². The number of nitrogens with one attached hydrogen (secondary N) is 2. The van der Waals surface area contributed by atoms with Crippen LogP contribution in [-0.4, -0.2) is 41.3 Å². The third kappa shape index (κ3) is 4.38. The molecule has 2 N–H and O–H groups in total. The fourth-order valence-corrected chi connectivity index (χ4v) is 3.56. The lowest BCUT2D eigenvalue weighted by Crippen LogP contribution is -2.43. The first-order valence-corrected chi connectivity index (χ1v) is 8.87. The zero-order chi connectivity index (χ0) is 17.8. The minimum Gasteiger partial charge on any atom is -0.494 e. The zero-order valence-electron chi connectivity index (χ0n) is 15.2. The lowest BCUT2D eigenvalue weighted by molar-refractivity contribution is 0.185. The highest BCUT2D eigenvalue weighted by Gasteiger charge is 2.22. The average molecular weight is 346 g/mol. The van der Waals surface area contributed by atoms with Crippen molar-refractivity contribution < 1.29 is 9.13 Å². The number of aryl methyl sites for hydroxylation is 1. The Morgan fingerprint density at radius 1 is 1.40 bits per heavy atom. The van der Waals surface area contributed by atoms with Gasteiger partial charge < -0.3 is 10.1 Å². The van der Waals surface area contributed by atoms with Gasteiger partial charge in [-0.2, -0.15) is 5.10 Å². The van der Waals surface area contributed by atoms with Gasteiger partial charge in [-0.1, -0.05) is 6.07 Å². The van der Waals surface area contributed by atoms with Crippen LogP contribution >= 0.6 is 0 Å². The first kappa shape index (κ1) is 17.9. The van der Waals surface area contributed by atoms with Gasteiger partial charge in [-0.05, 0) is 57.5 Å². The second-order valence-electron chi connectivity index (χ2n) is 6.86. The number of likely N-dealkylation sites (tertiary alicyclic amines) is 1. The fraction of sp³-hybridized carbons (Fsp3) is 0.526. The Morgan fingerprint density at radius 3 is 2.76 bits per heavy atom. The highest BCUT2D eigenvalue weighted by atomic mass is 19.1. The predicted octanol–water partition coefficient (Wildman–Crippen LogP) is 3.18. The van der Waals surface area contributed by atoms with Crippen LogP contribution in [0.5, 0.6) is 5.75 Å². The van der Waals surface area contributed by atoms with Crippen LogP contribution in [0.1, 0.15) is 42.6 Å². The van der Waals surface area contributed by atoms with E-state index in [-0.39, 0.29) is 5.82 Å². The molecule has 2 heterocycles. The summed E-state index contributed by atoms with van der Waals surface area (Å²) in [6.45, 7) is 7.05. The van der Waals surface area contributed by atoms with Crippen LogP contribution < -0.4 is 10.1 Å². The largest absolute Gasteiger partial charge is 0.494 e. The number of nitrogens with zero attached hydrogens (tertiary/aromatic N) is 2. The Labute approximate surface area is 148 Å². The summed E-state index contributed by atoms with van der Waals surface area (Å²) in [6, 6.07) is 6.02. The minimum absolute atomic E-state index is 0.291. The fourth-order valence-electron chi connectivity index (χ4n) is 3.56. The van der Waals surface area contributed by atoms with Crippen molar-refractivity contribution in [3.63, 3.8) is 0 Å². The molecule has 1 atom stereocenters. The predicted molar refractivity (Wildman–Crippen MR) is 96.1 cm³/mol. The van der Waals surface area contributed by atoms with Gasteiger partial charge in [0.2, 0.25) is 0 Å². The summed E-state index contributed by atoms with van der Waals surface area (Å²) >= 11 is 0. The molecule has 0 unspecified atom stereocenters. The molecule has 0 amide bonds. The highest BCUT2D eigenvalue weighted by Crippen LogP contribution is 2.22. The summed E-state index contributed by atoms with van der Waals surface area (Å²) in [4.78, 5) is 2.38. The molecule has 3 rings (SSSR count). The van der Waals surface area contributed by atoms with Crippen LogP contribution in [-0.2, 0) is 6.54 Å². The minimum atomic E-state index is -0.291. The molecule has 25 heavy (non-hydrogen) atoms. The van der Waals surface area contributed by atoms with E-state index in [9.17, 15) is 4.39 Å². The number of hydrogen-bond donors (Lipinski definition) is 2. The number of hydrogen-bond acceptors (Lipinski definition) is 4. The number of aromatic nitrogens is 2. The Bertz CT molecular complexity index is 694. The van der Waals surface area contributed by atoms with Gasteiger partial charge in [0.15, 0.2) is 11.6 Å². The van der Waals surface area contributed by atoms with Gasteiger partial charge >= 0.3 is 0 Å². The number of aromatic amines is 1. The van der Waals surface area contributed by atoms with Crippen LogP contribution in [0, 0.1) is 12.7 Å². The van der Waals surface area contributed by atoms with Gasteiger partial charge in [0.1, 0.15) is 0 Å². The molecule has 2 aromatic rings. The maximum absolute atomic E-state index is 13.8. The number of methoxy groups -OCH3 is 1. The van der Waals surface area contributed by atoms with Gasteiger partial charge in [-0.15, -0.1) is 0 Å². The molecule has 0 spiro atoms. The van der Waals surface area contributed by atoms with Crippen LogP contribution in [0.4, 0.5) is 4.39 Å². The monoisotopic (exact) mass is 346 g/mol. The van der Waals surface area contributed by atoms with E-state index in [4.69, 9.17) is 4.74 Å². The molecule has 5 nitrogen and oxygen atoms in total. The van der Waals surface area contributed by atoms with E-state index in [1.54, 1.807) is 12.1 Å². The quantitative estimate of drug-likeness (QED) is 0.843. The summed E-state index contributed by atoms with van der Waals surface area (Å²) in [5.41, 5.74) is 3.35. The van der Waals surface area contributed by atoms with Crippen molar-refractivity contribution in [1.82, 2.24) is 20.4 Å². The van der Waals surface area contributed by atoms with Crippen LogP contribution in [0.15, 0.2) is 24.4 Å². The highest BCUT2D eigenvalue weighted by molar-refractivity contribution is 5.29. The molecule has 0 aliphatic carbocycles. The van der Waals surface area contributed by atoms with Gasteiger partial charge in [-0.3, -0.25) is 10.00 Å². The van der Waals surface area contributed by atoms with Crippen molar-refractivity contribution in [1.29, 1.82) is 0 Å². The Hall–Kier alpha value is -1.92. The molecule has 1 aromatic carbocycles. The SMILES string of the molecule is COc1ccc(CN2CCC(N[C@H](C)c3cn[nH]c3C)CC2)cc1F. The molecule has 1 fully saturated rings. The Kier molecular flexibility index (Phi) is 5.71. The molecular weight excluding hydrogens is 319 g/mol. The lowest BCUT2D eigenvalue weighted by atomic mass is 10.0. The Morgan fingerprint density at radius 2 is 2.16 bits per heavy atom. The van der Waals surface area contributed by atoms with Crippen LogP contribution in [0.3, 0.4) is 0 Å². The van der Waals surface area contributed by atoms with Crippen molar-refractivity contribution in [2.45, 2.75) is 45.3 Å². The third-order valence-corrected chi connectivity index (χ3v) is 5.03. The van der Waals surface area contributed by atoms with E-state index >= 15 is 0 Å². The molecule has 6 heteroatoms. The molecular formula is C19H27FN4O. The maximum Gasteiger partial charge on any atom is 0.165 e. The third-order valence-electron chi connectivity index (χ3n) is 5.03. The Balaban J connectivity index is 1.49. The van der Waals surface area contributed by atoms with Crippen molar-refractivity contribution >= 4 is 0 Å². The van der Waals surface area contributed by atoms with E-state index in [1.165, 1.54) is 12.7 Å². The normalized spacial score (nSPS) is 17.6. The molecule has 0 saturated carbocycles. The number of rotatable bonds is 6. The number of H-pyrrole nitrogens is 1. The van der Waals surface area contributed by atoms with Gasteiger partial charge in [0.05, 0.1) is 13.3 Å². The number of halogens is 1. The molecule has 1 saturated heterocycles. The van der Waals surface area contributed by atoms with Gasteiger partial charge in [0.25, 0.3) is 0 Å². The molecule has 1 aliphatic rings. The van der Waals surface area contributed by atoms with Crippen molar-refractivity contribution in [2.75, 3.05) is 20.2 Å². The van der Waals surface area contributed by atoms with E-state index in [0.29, 0.717) is 17.8 Å². The summed E-state index contributed by atoms with van der Waals surface area (Å²) in [5, 5.41) is 10.8. The molecule has 0 radical (unpaired) electrons. The van der Waals surface area contributed by atoms with Crippen LogP contribution in [0.2, 0.25) is 0 Å². The van der Waals surface area contributed by atoms with Crippen molar-refractivity contribution in [3.05, 3.63) is 47.0 Å². The number of benzene rings is 1. The second-order valence-corrected chi connectivity index (χ2v) is 6.86. The molecule has 1 aromatic heterocycles. The second kappa shape index (κ2) is 7.97. The molecule has 136 valence electrons. The lowest BCUT2D eigenvalue weighted by Gasteiger charge is -2.34. The topological polar surface area (TPSA) is 53.2 Å². The van der Waals surface area contributed by atoms with Gasteiger partial charge in [-0.25, -0.2) is 4.39 Å². The number of ether oxygens (including phenoxy) is 1. The number of piperidine rings is 1. The summed E-state index contributed by atoms with van der Waals surface area (Å²) in [6.07, 6.45) is 4.10. The van der Waals surface area contributed by atoms with E-state index in [1.807, 2.05) is 12.3 Å². The average Bonchev–Trinajstić information content (AvgIpc) is 3.03. The van der Waals surface area contributed by atoms with Crippen molar-refractivity contribution in [3.8, 4) is 5.75 Å². The first-order valence-electron chi connectivity index (χ1n) is 8.87. The smallest absolute Gasteiger partial charge is 0.165 e.